The standard InChI is InChI=1S/C14H23F3N2O/c1-7-12(4,5)11-10(8-18-19(11)9(2)3)13(6,20)14(15,16)17/h8-9,20H,7H2,1-6H3. The molecule has 3 nitrogen and oxygen atoms in total. The van der Waals surface area contributed by atoms with Crippen molar-refractivity contribution in [2.75, 3.05) is 0 Å². The van der Waals surface area contributed by atoms with Crippen LogP contribution in [0.25, 0.3) is 0 Å². The van der Waals surface area contributed by atoms with Crippen LogP contribution in [0.3, 0.4) is 0 Å². The summed E-state index contributed by atoms with van der Waals surface area (Å²) in [4.78, 5) is 0. The second-order valence-electron chi connectivity index (χ2n) is 6.25. The van der Waals surface area contributed by atoms with E-state index in [1.165, 1.54) is 0 Å². The average Bonchev–Trinajstić information content (AvgIpc) is 2.73. The first-order chi connectivity index (χ1) is 8.86. The van der Waals surface area contributed by atoms with E-state index in [-0.39, 0.29) is 11.6 Å². The fourth-order valence-electron chi connectivity index (χ4n) is 2.10. The van der Waals surface area contributed by atoms with E-state index < -0.39 is 17.2 Å². The molecular weight excluding hydrogens is 269 g/mol. The number of alkyl halides is 3. The first-order valence-corrected chi connectivity index (χ1v) is 6.73. The summed E-state index contributed by atoms with van der Waals surface area (Å²) in [6.45, 7) is 10.1. The van der Waals surface area contributed by atoms with Gasteiger partial charge in [0.05, 0.1) is 11.9 Å². The van der Waals surface area contributed by atoms with Gasteiger partial charge in [0.1, 0.15) is 0 Å². The quantitative estimate of drug-likeness (QED) is 0.913. The lowest BCUT2D eigenvalue weighted by Gasteiger charge is -2.33. The lowest BCUT2D eigenvalue weighted by molar-refractivity contribution is -0.259. The molecule has 0 aliphatic carbocycles. The van der Waals surface area contributed by atoms with Crippen LogP contribution in [0.5, 0.6) is 0 Å². The number of hydrogen-bond donors (Lipinski definition) is 1. The highest BCUT2D eigenvalue weighted by Crippen LogP contribution is 2.43. The van der Waals surface area contributed by atoms with Crippen molar-refractivity contribution >= 4 is 0 Å². The van der Waals surface area contributed by atoms with E-state index in [0.29, 0.717) is 12.1 Å². The van der Waals surface area contributed by atoms with Crippen LogP contribution in [0.2, 0.25) is 0 Å². The van der Waals surface area contributed by atoms with Gasteiger partial charge in [0.2, 0.25) is 0 Å². The van der Waals surface area contributed by atoms with Gasteiger partial charge in [0.25, 0.3) is 0 Å². The van der Waals surface area contributed by atoms with Gasteiger partial charge in [-0.1, -0.05) is 20.8 Å². The highest BCUT2D eigenvalue weighted by Gasteiger charge is 2.54. The van der Waals surface area contributed by atoms with E-state index in [0.717, 1.165) is 13.1 Å². The summed E-state index contributed by atoms with van der Waals surface area (Å²) in [6, 6.07) is -0.0754. The number of aromatic nitrogens is 2. The van der Waals surface area contributed by atoms with E-state index in [1.807, 2.05) is 34.6 Å². The number of rotatable bonds is 4. The van der Waals surface area contributed by atoms with E-state index >= 15 is 0 Å². The van der Waals surface area contributed by atoms with Gasteiger partial charge in [-0.3, -0.25) is 4.68 Å². The van der Waals surface area contributed by atoms with Crippen molar-refractivity contribution in [2.45, 2.75) is 71.2 Å². The first-order valence-electron chi connectivity index (χ1n) is 6.73. The zero-order valence-electron chi connectivity index (χ0n) is 12.8. The van der Waals surface area contributed by atoms with Crippen LogP contribution in [-0.4, -0.2) is 21.1 Å². The summed E-state index contributed by atoms with van der Waals surface area (Å²) in [6.07, 6.45) is -2.96. The van der Waals surface area contributed by atoms with Gasteiger partial charge in [-0.2, -0.15) is 18.3 Å². The average molecular weight is 292 g/mol. The van der Waals surface area contributed by atoms with Crippen molar-refractivity contribution in [1.82, 2.24) is 9.78 Å². The van der Waals surface area contributed by atoms with Gasteiger partial charge in [0, 0.05) is 17.0 Å². The van der Waals surface area contributed by atoms with E-state index in [4.69, 9.17) is 0 Å². The second-order valence-corrected chi connectivity index (χ2v) is 6.25. The number of nitrogens with zero attached hydrogens (tertiary/aromatic N) is 2. The molecule has 0 aliphatic rings. The molecule has 6 heteroatoms. The van der Waals surface area contributed by atoms with Crippen molar-refractivity contribution in [3.05, 3.63) is 17.5 Å². The monoisotopic (exact) mass is 292 g/mol. The molecule has 1 aromatic heterocycles. The Hall–Kier alpha value is -1.04. The van der Waals surface area contributed by atoms with Gasteiger partial charge in [0.15, 0.2) is 5.60 Å². The molecule has 0 aliphatic heterocycles. The van der Waals surface area contributed by atoms with Crippen LogP contribution in [0.15, 0.2) is 6.20 Å². The molecule has 0 radical (unpaired) electrons. The lowest BCUT2D eigenvalue weighted by Crippen LogP contribution is -2.41. The largest absolute Gasteiger partial charge is 0.421 e. The summed E-state index contributed by atoms with van der Waals surface area (Å²) in [7, 11) is 0. The molecule has 0 bridgehead atoms. The third-order valence-corrected chi connectivity index (χ3v) is 3.89. The first kappa shape index (κ1) is 17.0. The summed E-state index contributed by atoms with van der Waals surface area (Å²) >= 11 is 0. The highest BCUT2D eigenvalue weighted by molar-refractivity contribution is 5.32. The molecule has 1 atom stereocenters. The number of hydrogen-bond acceptors (Lipinski definition) is 2. The molecule has 0 fully saturated rings. The predicted molar refractivity (Wildman–Crippen MR) is 71.6 cm³/mol. The Balaban J connectivity index is 3.59. The Morgan fingerprint density at radius 1 is 1.25 bits per heavy atom. The molecule has 20 heavy (non-hydrogen) atoms. The van der Waals surface area contributed by atoms with E-state index in [2.05, 4.69) is 5.10 Å². The van der Waals surface area contributed by atoms with Gasteiger partial charge in [-0.05, 0) is 27.2 Å². The molecule has 1 rings (SSSR count). The number of halogens is 3. The summed E-state index contributed by atoms with van der Waals surface area (Å²) in [5.41, 5.74) is -3.13. The van der Waals surface area contributed by atoms with Crippen molar-refractivity contribution in [3.8, 4) is 0 Å². The van der Waals surface area contributed by atoms with Gasteiger partial charge in [-0.25, -0.2) is 0 Å². The maximum atomic E-state index is 13.1. The maximum Gasteiger partial charge on any atom is 0.421 e. The Morgan fingerprint density at radius 2 is 1.75 bits per heavy atom. The van der Waals surface area contributed by atoms with E-state index in [1.54, 1.807) is 4.68 Å². The Kier molecular flexibility index (Phi) is 4.30. The fourth-order valence-corrected chi connectivity index (χ4v) is 2.10. The maximum absolute atomic E-state index is 13.1. The molecule has 1 heterocycles. The van der Waals surface area contributed by atoms with Crippen molar-refractivity contribution < 1.29 is 18.3 Å². The molecular formula is C14H23F3N2O. The SMILES string of the molecule is CCC(C)(C)c1c(C(C)(O)C(F)(F)F)cnn1C(C)C. The topological polar surface area (TPSA) is 38.1 Å². The van der Waals surface area contributed by atoms with Crippen molar-refractivity contribution in [3.63, 3.8) is 0 Å². The zero-order chi connectivity index (χ0) is 15.9. The van der Waals surface area contributed by atoms with Crippen molar-refractivity contribution in [1.29, 1.82) is 0 Å². The van der Waals surface area contributed by atoms with Crippen molar-refractivity contribution in [2.24, 2.45) is 0 Å². The minimum atomic E-state index is -4.74. The third-order valence-electron chi connectivity index (χ3n) is 3.89. The van der Waals surface area contributed by atoms with Crippen LogP contribution >= 0.6 is 0 Å². The van der Waals surface area contributed by atoms with Gasteiger partial charge in [-0.15, -0.1) is 0 Å². The fraction of sp³-hybridized carbons (Fsp3) is 0.786. The van der Waals surface area contributed by atoms with E-state index in [9.17, 15) is 18.3 Å². The van der Waals surface area contributed by atoms with Crippen LogP contribution in [0, 0.1) is 0 Å². The van der Waals surface area contributed by atoms with Gasteiger partial charge >= 0.3 is 6.18 Å². The van der Waals surface area contributed by atoms with Gasteiger partial charge < -0.3 is 5.11 Å². The number of aliphatic hydroxyl groups is 1. The smallest absolute Gasteiger partial charge is 0.376 e. The third kappa shape index (κ3) is 2.71. The summed E-state index contributed by atoms with van der Waals surface area (Å²) in [5.74, 6) is 0. The summed E-state index contributed by atoms with van der Waals surface area (Å²) in [5, 5.41) is 14.0. The molecule has 0 spiro atoms. The minimum Gasteiger partial charge on any atom is -0.376 e. The molecule has 0 aromatic carbocycles. The second kappa shape index (κ2) is 5.06. The van der Waals surface area contributed by atoms with Crippen LogP contribution in [-0.2, 0) is 11.0 Å². The zero-order valence-corrected chi connectivity index (χ0v) is 12.8. The Morgan fingerprint density at radius 3 is 2.10 bits per heavy atom. The normalized spacial score (nSPS) is 16.6. The van der Waals surface area contributed by atoms with Crippen LogP contribution in [0.1, 0.15) is 65.3 Å². The molecule has 1 aromatic rings. The molecule has 116 valence electrons. The lowest BCUT2D eigenvalue weighted by atomic mass is 9.80. The molecule has 1 unspecified atom stereocenters. The van der Waals surface area contributed by atoms with Crippen LogP contribution < -0.4 is 0 Å². The Labute approximate surface area is 117 Å². The predicted octanol–water partition coefficient (Wildman–Crippen LogP) is 3.92. The molecule has 0 saturated heterocycles. The molecule has 1 N–H and O–H groups in total. The molecule has 0 amide bonds. The molecule has 0 saturated carbocycles. The minimum absolute atomic E-state index is 0.0754. The Bertz CT molecular complexity index is 473. The highest BCUT2D eigenvalue weighted by atomic mass is 19.4. The summed E-state index contributed by atoms with van der Waals surface area (Å²) < 4.78 is 40.9. The van der Waals surface area contributed by atoms with Crippen LogP contribution in [0.4, 0.5) is 13.2 Å².